The van der Waals surface area contributed by atoms with Gasteiger partial charge in [0.15, 0.2) is 5.72 Å². The molecule has 4 aliphatic heterocycles. The Morgan fingerprint density at radius 2 is 1.69 bits per heavy atom. The topological polar surface area (TPSA) is 307 Å². The van der Waals surface area contributed by atoms with E-state index in [-0.39, 0.29) is 50.6 Å². The molecule has 2 fully saturated rings. The average Bonchev–Trinajstić information content (AvgIpc) is 3.98. The predicted octanol–water partition coefficient (Wildman–Crippen LogP) is 2.73. The van der Waals surface area contributed by atoms with E-state index in [4.69, 9.17) is 29.4 Å². The van der Waals surface area contributed by atoms with Crippen molar-refractivity contribution in [1.82, 2.24) is 31.1 Å². The van der Waals surface area contributed by atoms with Crippen molar-refractivity contribution >= 4 is 59.2 Å². The number of nitrogens with zero attached hydrogens (tertiary/aromatic N) is 3. The van der Waals surface area contributed by atoms with Gasteiger partial charge in [0.1, 0.15) is 47.8 Å². The summed E-state index contributed by atoms with van der Waals surface area (Å²) < 4.78 is 29.7. The van der Waals surface area contributed by atoms with Crippen LogP contribution in [-0.2, 0) is 58.9 Å². The number of imide groups is 1. The number of unbranched alkanes of at least 4 members (excludes halogenated alkanes) is 2. The van der Waals surface area contributed by atoms with Gasteiger partial charge < -0.3 is 60.3 Å². The van der Waals surface area contributed by atoms with Crippen molar-refractivity contribution in [2.75, 3.05) is 46.3 Å². The number of methoxy groups -OCH3 is 2. The minimum Gasteiger partial charge on any atom is -0.496 e. The third-order valence-corrected chi connectivity index (χ3v) is 14.8. The van der Waals surface area contributed by atoms with Crippen molar-refractivity contribution in [2.24, 2.45) is 17.6 Å². The average molecular weight is 1080 g/mol. The fourth-order valence-corrected chi connectivity index (χ4v) is 9.90. The maximum absolute atomic E-state index is 14.6. The molecule has 2 saturated heterocycles. The number of esters is 1. The molecule has 9 amide bonds. The van der Waals surface area contributed by atoms with Gasteiger partial charge in [-0.05, 0) is 83.4 Å². The zero-order valence-electron chi connectivity index (χ0n) is 46.1. The Hall–Kier alpha value is -6.85. The molecule has 4 heterocycles. The molecule has 1 aromatic rings. The summed E-state index contributed by atoms with van der Waals surface area (Å²) in [5.41, 5.74) is 4.94. The number of anilines is 1. The lowest BCUT2D eigenvalue weighted by molar-refractivity contribution is -0.162. The lowest BCUT2D eigenvalue weighted by Gasteiger charge is -2.42. The maximum Gasteiger partial charge on any atom is 0.409 e. The predicted molar refractivity (Wildman–Crippen MR) is 281 cm³/mol. The van der Waals surface area contributed by atoms with Gasteiger partial charge in [0.05, 0.1) is 25.3 Å². The van der Waals surface area contributed by atoms with Crippen LogP contribution in [0.1, 0.15) is 104 Å². The third-order valence-electron chi connectivity index (χ3n) is 14.8. The highest BCUT2D eigenvalue weighted by molar-refractivity contribution is 6.12. The Balaban J connectivity index is 1.38. The Labute approximate surface area is 449 Å². The van der Waals surface area contributed by atoms with E-state index < -0.39 is 114 Å². The second kappa shape index (κ2) is 26.5. The second-order valence-corrected chi connectivity index (χ2v) is 20.9. The van der Waals surface area contributed by atoms with Crippen LogP contribution in [0, 0.1) is 18.8 Å². The van der Waals surface area contributed by atoms with Gasteiger partial charge in [-0.3, -0.25) is 39.0 Å². The van der Waals surface area contributed by atoms with Gasteiger partial charge in [-0.25, -0.2) is 14.4 Å². The maximum atomic E-state index is 14.6. The molecule has 4 bridgehead atoms. The van der Waals surface area contributed by atoms with Crippen LogP contribution < -0.4 is 36.6 Å². The minimum absolute atomic E-state index is 0.0265. The van der Waals surface area contributed by atoms with E-state index in [0.717, 1.165) is 20.9 Å². The number of urea groups is 1. The first kappa shape index (κ1) is 61.0. The van der Waals surface area contributed by atoms with E-state index in [1.54, 1.807) is 46.9 Å². The number of fused-ring (bicyclic) bond motifs is 5. The largest absolute Gasteiger partial charge is 0.496 e. The monoisotopic (exact) mass is 1080 g/mol. The molecular weight excluding hydrogens is 1000 g/mol. The molecular formula is C54H78N8O15. The van der Waals surface area contributed by atoms with E-state index in [9.17, 15) is 48.3 Å². The highest BCUT2D eigenvalue weighted by atomic mass is 16.7. The summed E-state index contributed by atoms with van der Waals surface area (Å²) in [6.45, 7) is 12.3. The molecule has 0 radical (unpaired) electrons. The number of alkyl carbamates (subject to hydrolysis) is 1. The normalized spacial score (nSPS) is 26.7. The highest BCUT2D eigenvalue weighted by Crippen LogP contribution is 2.49. The van der Waals surface area contributed by atoms with Gasteiger partial charge >= 0.3 is 18.1 Å². The van der Waals surface area contributed by atoms with Crippen LogP contribution in [0.5, 0.6) is 5.75 Å². The number of amides is 9. The summed E-state index contributed by atoms with van der Waals surface area (Å²) in [6, 6.07) is -0.738. The standard InChI is InChI=1S/C54H78N8O15/c1-30(2)46(58-42(63)20-13-12-14-24-62-43(64)21-22-44(62)65)48(67)57-36(18-16-23-56-51(55)70)49(68)60(8)34(6)50(69)76-41-28-45(66)61(9)37-26-35(27-38(73-10)32(37)4)25-31(3)17-15-19-40(74-11)54(72)29-39(75-52(71)59-54)33(5)47-53(41,7)77-47/h15,17,19,21-22,26-27,30,33-34,36,39-41,46-47,72H,12-14,16,18,20,23-25,28-29H2,1-11H3,(H,57,67)(H,58,63)(H,59,71)(H3,55,56,70)/b19-15+,31-17+/t33?,34-,36-,39?,40?,41?,46-,47?,53?,54?/m0/s1. The summed E-state index contributed by atoms with van der Waals surface area (Å²) >= 11 is 0. The summed E-state index contributed by atoms with van der Waals surface area (Å²) in [7, 11) is 5.88. The summed E-state index contributed by atoms with van der Waals surface area (Å²) in [6.07, 6.45) is 4.22. The van der Waals surface area contributed by atoms with Crippen LogP contribution in [0.15, 0.2) is 48.1 Å². The molecule has 4 aliphatic rings. The molecule has 424 valence electrons. The number of rotatable bonds is 20. The first-order valence-corrected chi connectivity index (χ1v) is 26.1. The quantitative estimate of drug-likeness (QED) is 0.0474. The number of benzene rings is 1. The van der Waals surface area contributed by atoms with E-state index in [1.807, 2.05) is 32.1 Å². The van der Waals surface area contributed by atoms with Gasteiger partial charge in [0.25, 0.3) is 11.8 Å². The number of hydrogen-bond donors (Lipinski definition) is 6. The van der Waals surface area contributed by atoms with E-state index >= 15 is 0 Å². The van der Waals surface area contributed by atoms with E-state index in [0.29, 0.717) is 42.7 Å². The summed E-state index contributed by atoms with van der Waals surface area (Å²) in [5.74, 6) is -4.52. The number of ether oxygens (including phenoxy) is 5. The van der Waals surface area contributed by atoms with Crippen molar-refractivity contribution in [3.8, 4) is 5.75 Å². The fourth-order valence-electron chi connectivity index (χ4n) is 9.90. The van der Waals surface area contributed by atoms with Crippen molar-refractivity contribution in [3.05, 3.63) is 59.2 Å². The number of nitrogens with two attached hydrogens (primary N) is 1. The molecule has 0 aromatic heterocycles. The van der Waals surface area contributed by atoms with Gasteiger partial charge in [-0.1, -0.05) is 51.0 Å². The second-order valence-electron chi connectivity index (χ2n) is 20.9. The van der Waals surface area contributed by atoms with Gasteiger partial charge in [0, 0.05) is 70.8 Å². The van der Waals surface area contributed by atoms with Crippen molar-refractivity contribution in [2.45, 2.75) is 160 Å². The lowest BCUT2D eigenvalue weighted by atomic mass is 9.83. The molecule has 1 aromatic carbocycles. The fraction of sp³-hybridized carbons (Fsp3) is 0.611. The number of hydrogen-bond acceptors (Lipinski definition) is 15. The Kier molecular flexibility index (Phi) is 21.0. The number of epoxide rings is 1. The Morgan fingerprint density at radius 3 is 2.32 bits per heavy atom. The number of carbonyl (C=O) groups excluding carboxylic acids is 9. The number of primary amides is 1. The molecule has 23 nitrogen and oxygen atoms in total. The number of aliphatic hydroxyl groups is 1. The number of nitrogens with one attached hydrogen (secondary N) is 4. The number of likely N-dealkylation sites (N-methyl/N-ethyl adjacent to an activating group) is 1. The van der Waals surface area contributed by atoms with Gasteiger partial charge in [-0.2, -0.15) is 0 Å². The molecule has 10 atom stereocenters. The number of carbonyl (C=O) groups is 9. The van der Waals surface area contributed by atoms with Crippen molar-refractivity contribution < 1.29 is 71.9 Å². The first-order valence-electron chi connectivity index (χ1n) is 26.1. The van der Waals surface area contributed by atoms with Crippen LogP contribution >= 0.6 is 0 Å². The van der Waals surface area contributed by atoms with Crippen LogP contribution in [0.25, 0.3) is 0 Å². The van der Waals surface area contributed by atoms with Crippen molar-refractivity contribution in [1.29, 1.82) is 0 Å². The van der Waals surface area contributed by atoms with Crippen LogP contribution in [0.2, 0.25) is 0 Å². The Bertz CT molecular complexity index is 2480. The summed E-state index contributed by atoms with van der Waals surface area (Å²) in [5, 5.41) is 22.4. The lowest BCUT2D eigenvalue weighted by Crippen LogP contribution is -2.63. The zero-order chi connectivity index (χ0) is 57.1. The van der Waals surface area contributed by atoms with Gasteiger partial charge in [0.2, 0.25) is 23.6 Å². The highest BCUT2D eigenvalue weighted by Gasteiger charge is 2.64. The van der Waals surface area contributed by atoms with Crippen LogP contribution in [0.3, 0.4) is 0 Å². The van der Waals surface area contributed by atoms with E-state index in [2.05, 4.69) is 21.3 Å². The van der Waals surface area contributed by atoms with Gasteiger partial charge in [-0.15, -0.1) is 0 Å². The zero-order valence-corrected chi connectivity index (χ0v) is 46.1. The minimum atomic E-state index is -1.91. The third kappa shape index (κ3) is 15.4. The van der Waals surface area contributed by atoms with Crippen LogP contribution in [-0.4, -0.2) is 164 Å². The van der Waals surface area contributed by atoms with E-state index in [1.165, 1.54) is 45.2 Å². The number of allylic oxidation sites excluding steroid dienone is 3. The smallest absolute Gasteiger partial charge is 0.409 e. The first-order chi connectivity index (χ1) is 36.2. The molecule has 7 unspecified atom stereocenters. The molecule has 7 N–H and O–H groups in total. The Morgan fingerprint density at radius 1 is 1.00 bits per heavy atom. The SMILES string of the molecule is COc1cc2cc(c1C)N(C)C(=O)CC(OC(=O)[C@H](C)N(C)C(=O)[C@H](CCCNC(N)=O)NC(=O)[C@@H](NC(=O)CCCCCN1C(=O)C=CC1=O)C(C)C)C1(C)OC1C(C)C1CC(O)(NC(=O)O1)C(OC)/C=C/C=C(\C)C2. The van der Waals surface area contributed by atoms with Crippen LogP contribution in [0.4, 0.5) is 15.3 Å². The van der Waals surface area contributed by atoms with Crippen molar-refractivity contribution in [3.63, 3.8) is 0 Å². The molecule has 77 heavy (non-hydrogen) atoms. The molecule has 0 spiro atoms. The molecule has 0 saturated carbocycles. The summed E-state index contributed by atoms with van der Waals surface area (Å²) in [4.78, 5) is 123. The molecule has 0 aliphatic carbocycles. The molecule has 23 heteroatoms. The molecule has 5 rings (SSSR count).